The lowest BCUT2D eigenvalue weighted by atomic mass is 10.00. The molecular formula is C16H17N5O2. The van der Waals surface area contributed by atoms with Crippen LogP contribution < -0.4 is 10.9 Å². The molecule has 1 aliphatic heterocycles. The normalized spacial score (nSPS) is 14.2. The summed E-state index contributed by atoms with van der Waals surface area (Å²) in [6, 6.07) is 3.55. The van der Waals surface area contributed by atoms with Gasteiger partial charge in [-0.25, -0.2) is 9.97 Å². The van der Waals surface area contributed by atoms with Gasteiger partial charge in [0.25, 0.3) is 5.56 Å². The predicted molar refractivity (Wildman–Crippen MR) is 86.8 cm³/mol. The van der Waals surface area contributed by atoms with Crippen molar-refractivity contribution < 1.29 is 4.79 Å². The number of nitrogens with one attached hydrogen (secondary N) is 2. The highest BCUT2D eigenvalue weighted by molar-refractivity contribution is 5.87. The molecule has 0 unspecified atom stereocenters. The maximum atomic E-state index is 11.9. The molecule has 2 N–H and O–H groups in total. The topological polar surface area (TPSA) is 91.0 Å². The highest BCUT2D eigenvalue weighted by atomic mass is 16.2. The lowest BCUT2D eigenvalue weighted by Gasteiger charge is -2.38. The largest absolute Gasteiger partial charge is 0.380 e. The van der Waals surface area contributed by atoms with Crippen molar-refractivity contribution in [3.05, 3.63) is 53.9 Å². The minimum Gasteiger partial charge on any atom is -0.380 e. The van der Waals surface area contributed by atoms with Gasteiger partial charge in [0.1, 0.15) is 12.0 Å². The summed E-state index contributed by atoms with van der Waals surface area (Å²) < 4.78 is 0. The third-order valence-electron chi connectivity index (χ3n) is 3.81. The predicted octanol–water partition coefficient (Wildman–Crippen LogP) is 0.888. The zero-order valence-corrected chi connectivity index (χ0v) is 12.5. The number of amides is 1. The van der Waals surface area contributed by atoms with Crippen LogP contribution in [0.15, 0.2) is 48.3 Å². The first-order valence-corrected chi connectivity index (χ1v) is 7.31. The number of pyridine rings is 1. The van der Waals surface area contributed by atoms with Gasteiger partial charge in [-0.2, -0.15) is 0 Å². The molecule has 1 saturated heterocycles. The van der Waals surface area contributed by atoms with Gasteiger partial charge in [0.2, 0.25) is 5.91 Å². The van der Waals surface area contributed by atoms with Crippen molar-refractivity contribution in [2.45, 2.75) is 0 Å². The molecule has 3 rings (SSSR count). The van der Waals surface area contributed by atoms with E-state index in [0.29, 0.717) is 31.2 Å². The minimum absolute atomic E-state index is 0.0511. The number of carbonyl (C=O) groups is 1. The summed E-state index contributed by atoms with van der Waals surface area (Å²) in [5, 5.41) is 3.15. The van der Waals surface area contributed by atoms with Crippen LogP contribution in [0.4, 0.5) is 5.69 Å². The number of nitrogens with zero attached hydrogens (tertiary/aromatic N) is 3. The highest BCUT2D eigenvalue weighted by Gasteiger charge is 2.28. The number of H-pyrrole nitrogens is 1. The molecular weight excluding hydrogens is 294 g/mol. The number of aromatic amines is 1. The SMILES string of the molecule is C=CC(=O)N1CC(CNc2cc(-c3ccncn3)c[nH]c2=O)C1. The number of likely N-dealkylation sites (tertiary alicyclic amines) is 1. The summed E-state index contributed by atoms with van der Waals surface area (Å²) in [6.45, 7) is 5.47. The summed E-state index contributed by atoms with van der Waals surface area (Å²) in [7, 11) is 0. The van der Waals surface area contributed by atoms with E-state index >= 15 is 0 Å². The first-order chi connectivity index (χ1) is 11.2. The fraction of sp³-hybridized carbons (Fsp3) is 0.250. The zero-order chi connectivity index (χ0) is 16.2. The molecule has 1 fully saturated rings. The van der Waals surface area contributed by atoms with Gasteiger partial charge in [-0.3, -0.25) is 9.59 Å². The van der Waals surface area contributed by atoms with Crippen LogP contribution in [0.3, 0.4) is 0 Å². The van der Waals surface area contributed by atoms with E-state index in [9.17, 15) is 9.59 Å². The molecule has 0 spiro atoms. The quantitative estimate of drug-likeness (QED) is 0.800. The van der Waals surface area contributed by atoms with Crippen LogP contribution in [-0.4, -0.2) is 45.4 Å². The van der Waals surface area contributed by atoms with E-state index in [1.54, 1.807) is 29.4 Å². The van der Waals surface area contributed by atoms with Gasteiger partial charge >= 0.3 is 0 Å². The number of carbonyl (C=O) groups excluding carboxylic acids is 1. The maximum Gasteiger partial charge on any atom is 0.271 e. The van der Waals surface area contributed by atoms with Gasteiger partial charge in [0.05, 0.1) is 5.69 Å². The molecule has 2 aromatic heterocycles. The summed E-state index contributed by atoms with van der Waals surface area (Å²) >= 11 is 0. The molecule has 23 heavy (non-hydrogen) atoms. The third kappa shape index (κ3) is 3.28. The second-order valence-corrected chi connectivity index (χ2v) is 5.42. The molecule has 7 nitrogen and oxygen atoms in total. The Hall–Kier alpha value is -2.96. The van der Waals surface area contributed by atoms with Gasteiger partial charge in [-0.05, 0) is 18.2 Å². The van der Waals surface area contributed by atoms with Crippen molar-refractivity contribution in [2.75, 3.05) is 25.0 Å². The van der Waals surface area contributed by atoms with E-state index < -0.39 is 0 Å². The van der Waals surface area contributed by atoms with Crippen LogP contribution in [0.5, 0.6) is 0 Å². The molecule has 3 heterocycles. The number of hydrogen-bond donors (Lipinski definition) is 2. The van der Waals surface area contributed by atoms with Crippen molar-refractivity contribution in [3.63, 3.8) is 0 Å². The monoisotopic (exact) mass is 311 g/mol. The van der Waals surface area contributed by atoms with E-state index in [0.717, 1.165) is 11.3 Å². The Bertz CT molecular complexity index is 766. The molecule has 2 aromatic rings. The van der Waals surface area contributed by atoms with Crippen molar-refractivity contribution in [1.82, 2.24) is 19.9 Å². The lowest BCUT2D eigenvalue weighted by Crippen LogP contribution is -2.51. The smallest absolute Gasteiger partial charge is 0.271 e. The average molecular weight is 311 g/mol. The van der Waals surface area contributed by atoms with Crippen molar-refractivity contribution >= 4 is 11.6 Å². The van der Waals surface area contributed by atoms with Gasteiger partial charge in [0, 0.05) is 43.5 Å². The number of anilines is 1. The summed E-state index contributed by atoms with van der Waals surface area (Å²) in [5.41, 5.74) is 1.87. The Labute approximate surface area is 133 Å². The van der Waals surface area contributed by atoms with Crippen LogP contribution in [0.1, 0.15) is 0 Å². The highest BCUT2D eigenvalue weighted by Crippen LogP contribution is 2.19. The molecule has 0 aromatic carbocycles. The third-order valence-corrected chi connectivity index (χ3v) is 3.81. The van der Waals surface area contributed by atoms with Crippen LogP contribution >= 0.6 is 0 Å². The van der Waals surface area contributed by atoms with E-state index in [1.807, 2.05) is 0 Å². The first kappa shape index (κ1) is 15.0. The lowest BCUT2D eigenvalue weighted by molar-refractivity contribution is -0.131. The standard InChI is InChI=1S/C16H17N5O2/c1-2-15(22)21-8-11(9-21)6-18-14-5-12(7-19-16(14)23)13-3-4-17-10-20-13/h2-5,7,10-11,18H,1,6,8-9H2,(H,19,23). The Kier molecular flexibility index (Phi) is 4.18. The second-order valence-electron chi connectivity index (χ2n) is 5.42. The van der Waals surface area contributed by atoms with Crippen LogP contribution in [0.2, 0.25) is 0 Å². The molecule has 0 atom stereocenters. The molecule has 0 radical (unpaired) electrons. The van der Waals surface area contributed by atoms with Crippen LogP contribution in [0, 0.1) is 5.92 Å². The van der Waals surface area contributed by atoms with Crippen LogP contribution in [-0.2, 0) is 4.79 Å². The van der Waals surface area contributed by atoms with E-state index in [2.05, 4.69) is 26.8 Å². The fourth-order valence-corrected chi connectivity index (χ4v) is 2.49. The minimum atomic E-state index is -0.179. The molecule has 1 amide bonds. The fourth-order valence-electron chi connectivity index (χ4n) is 2.49. The Balaban J connectivity index is 1.64. The second kappa shape index (κ2) is 6.43. The number of hydrogen-bond acceptors (Lipinski definition) is 5. The number of aromatic nitrogens is 3. The van der Waals surface area contributed by atoms with Gasteiger partial charge in [-0.1, -0.05) is 6.58 Å². The number of rotatable bonds is 5. The Morgan fingerprint density at radius 3 is 3.04 bits per heavy atom. The maximum absolute atomic E-state index is 11.9. The molecule has 7 heteroatoms. The van der Waals surface area contributed by atoms with E-state index in [4.69, 9.17) is 0 Å². The molecule has 0 bridgehead atoms. The van der Waals surface area contributed by atoms with E-state index in [-0.39, 0.29) is 11.5 Å². The Morgan fingerprint density at radius 2 is 2.35 bits per heavy atom. The zero-order valence-electron chi connectivity index (χ0n) is 12.5. The van der Waals surface area contributed by atoms with Crippen molar-refractivity contribution in [3.8, 4) is 11.3 Å². The van der Waals surface area contributed by atoms with Crippen molar-refractivity contribution in [1.29, 1.82) is 0 Å². The summed E-state index contributed by atoms with van der Waals surface area (Å²) in [4.78, 5) is 35.8. The van der Waals surface area contributed by atoms with Gasteiger partial charge < -0.3 is 15.2 Å². The van der Waals surface area contributed by atoms with Crippen LogP contribution in [0.25, 0.3) is 11.3 Å². The molecule has 1 aliphatic rings. The van der Waals surface area contributed by atoms with Gasteiger partial charge in [0.15, 0.2) is 0 Å². The summed E-state index contributed by atoms with van der Waals surface area (Å²) in [5.74, 6) is 0.283. The van der Waals surface area contributed by atoms with Crippen molar-refractivity contribution in [2.24, 2.45) is 5.92 Å². The molecule has 0 aliphatic carbocycles. The van der Waals surface area contributed by atoms with E-state index in [1.165, 1.54) is 12.4 Å². The molecule has 118 valence electrons. The van der Waals surface area contributed by atoms with Gasteiger partial charge in [-0.15, -0.1) is 0 Å². The Morgan fingerprint density at radius 1 is 1.52 bits per heavy atom. The average Bonchev–Trinajstić information content (AvgIpc) is 2.55. The summed E-state index contributed by atoms with van der Waals surface area (Å²) in [6.07, 6.45) is 6.07. The molecule has 0 saturated carbocycles. The first-order valence-electron chi connectivity index (χ1n) is 7.31.